The van der Waals surface area contributed by atoms with E-state index in [-0.39, 0.29) is 6.04 Å². The standard InChI is InChI=1S/C17H22BrNO2/c1-5-7-19-16(13-6-8-21-17(13)18)14-9-12(3)15(20-4)10-11(14)2/h6,8-10,16,19H,5,7H2,1-4H3. The first-order valence-corrected chi connectivity index (χ1v) is 7.99. The van der Waals surface area contributed by atoms with Crippen molar-refractivity contribution in [3.63, 3.8) is 0 Å². The van der Waals surface area contributed by atoms with Crippen LogP contribution in [0.15, 0.2) is 33.5 Å². The van der Waals surface area contributed by atoms with Crippen molar-refractivity contribution in [3.05, 3.63) is 51.4 Å². The molecule has 1 aromatic heterocycles. The number of hydrogen-bond donors (Lipinski definition) is 1. The minimum Gasteiger partial charge on any atom is -0.496 e. The Bertz CT molecular complexity index is 607. The molecule has 0 aliphatic heterocycles. The van der Waals surface area contributed by atoms with Crippen LogP contribution in [0.2, 0.25) is 0 Å². The van der Waals surface area contributed by atoms with Crippen molar-refractivity contribution in [2.75, 3.05) is 13.7 Å². The third kappa shape index (κ3) is 3.50. The molecule has 0 bridgehead atoms. The van der Waals surface area contributed by atoms with Gasteiger partial charge in [-0.2, -0.15) is 0 Å². The number of furan rings is 1. The number of rotatable bonds is 6. The normalized spacial score (nSPS) is 12.4. The second-order valence-corrected chi connectivity index (χ2v) is 5.94. The zero-order valence-corrected chi connectivity index (χ0v) is 14.6. The van der Waals surface area contributed by atoms with Crippen LogP contribution in [-0.4, -0.2) is 13.7 Å². The van der Waals surface area contributed by atoms with Crippen molar-refractivity contribution in [1.29, 1.82) is 0 Å². The highest BCUT2D eigenvalue weighted by Crippen LogP contribution is 2.34. The van der Waals surface area contributed by atoms with Crippen LogP contribution in [0.5, 0.6) is 5.75 Å². The van der Waals surface area contributed by atoms with Gasteiger partial charge in [-0.3, -0.25) is 0 Å². The van der Waals surface area contributed by atoms with Gasteiger partial charge in [-0.25, -0.2) is 0 Å². The zero-order valence-electron chi connectivity index (χ0n) is 13.0. The van der Waals surface area contributed by atoms with Crippen LogP contribution in [0.1, 0.15) is 41.6 Å². The third-order valence-corrected chi connectivity index (χ3v) is 4.29. The maximum absolute atomic E-state index is 5.41. The van der Waals surface area contributed by atoms with Gasteiger partial charge in [0.25, 0.3) is 0 Å². The van der Waals surface area contributed by atoms with E-state index in [0.29, 0.717) is 0 Å². The Morgan fingerprint density at radius 3 is 2.57 bits per heavy atom. The molecule has 1 atom stereocenters. The predicted molar refractivity (Wildman–Crippen MR) is 89.0 cm³/mol. The van der Waals surface area contributed by atoms with Gasteiger partial charge in [-0.05, 0) is 71.6 Å². The highest BCUT2D eigenvalue weighted by atomic mass is 79.9. The summed E-state index contributed by atoms with van der Waals surface area (Å²) in [6, 6.07) is 6.42. The second-order valence-electron chi connectivity index (χ2n) is 5.22. The third-order valence-electron chi connectivity index (χ3n) is 3.65. The van der Waals surface area contributed by atoms with Gasteiger partial charge in [0.15, 0.2) is 4.67 Å². The van der Waals surface area contributed by atoms with E-state index in [1.54, 1.807) is 13.4 Å². The number of ether oxygens (including phenoxy) is 1. The van der Waals surface area contributed by atoms with Crippen LogP contribution in [0.3, 0.4) is 0 Å². The minimum absolute atomic E-state index is 0.114. The predicted octanol–water partition coefficient (Wildman–Crippen LogP) is 4.76. The number of nitrogens with one attached hydrogen (secondary N) is 1. The molecule has 0 radical (unpaired) electrons. The highest BCUT2D eigenvalue weighted by Gasteiger charge is 2.21. The zero-order chi connectivity index (χ0) is 15.4. The maximum atomic E-state index is 5.41. The Labute approximate surface area is 134 Å². The fourth-order valence-electron chi connectivity index (χ4n) is 2.53. The molecular formula is C17H22BrNO2. The van der Waals surface area contributed by atoms with Crippen molar-refractivity contribution in [3.8, 4) is 5.75 Å². The van der Waals surface area contributed by atoms with Crippen molar-refractivity contribution >= 4 is 15.9 Å². The van der Waals surface area contributed by atoms with Crippen molar-refractivity contribution in [2.24, 2.45) is 0 Å². The molecule has 0 aliphatic carbocycles. The Morgan fingerprint density at radius 1 is 1.24 bits per heavy atom. The molecule has 0 saturated heterocycles. The Hall–Kier alpha value is -1.26. The SMILES string of the molecule is CCCNC(c1cc(C)c(OC)cc1C)c1ccoc1Br. The van der Waals surface area contributed by atoms with E-state index in [2.05, 4.69) is 54.2 Å². The fraction of sp³-hybridized carbons (Fsp3) is 0.412. The van der Waals surface area contributed by atoms with E-state index < -0.39 is 0 Å². The lowest BCUT2D eigenvalue weighted by molar-refractivity contribution is 0.411. The van der Waals surface area contributed by atoms with Gasteiger partial charge in [0.05, 0.1) is 19.4 Å². The van der Waals surface area contributed by atoms with Gasteiger partial charge in [-0.15, -0.1) is 0 Å². The van der Waals surface area contributed by atoms with Crippen LogP contribution in [-0.2, 0) is 0 Å². The Morgan fingerprint density at radius 2 is 2.00 bits per heavy atom. The summed E-state index contributed by atoms with van der Waals surface area (Å²) in [6.07, 6.45) is 2.80. The first-order chi connectivity index (χ1) is 10.1. The first kappa shape index (κ1) is 16.1. The number of halogens is 1. The molecule has 21 heavy (non-hydrogen) atoms. The van der Waals surface area contributed by atoms with Crippen LogP contribution < -0.4 is 10.1 Å². The maximum Gasteiger partial charge on any atom is 0.174 e. The number of aryl methyl sites for hydroxylation is 2. The number of benzene rings is 1. The van der Waals surface area contributed by atoms with Crippen LogP contribution in [0.25, 0.3) is 0 Å². The summed E-state index contributed by atoms with van der Waals surface area (Å²) in [4.78, 5) is 0. The molecule has 0 aliphatic rings. The summed E-state index contributed by atoms with van der Waals surface area (Å²) in [5, 5.41) is 3.60. The summed E-state index contributed by atoms with van der Waals surface area (Å²) >= 11 is 3.50. The molecule has 0 fully saturated rings. The average molecular weight is 352 g/mol. The lowest BCUT2D eigenvalue weighted by Gasteiger charge is -2.22. The van der Waals surface area contributed by atoms with Crippen molar-refractivity contribution in [1.82, 2.24) is 5.32 Å². The van der Waals surface area contributed by atoms with Crippen molar-refractivity contribution in [2.45, 2.75) is 33.2 Å². The highest BCUT2D eigenvalue weighted by molar-refractivity contribution is 9.10. The summed E-state index contributed by atoms with van der Waals surface area (Å²) in [7, 11) is 1.71. The minimum atomic E-state index is 0.114. The van der Waals surface area contributed by atoms with E-state index in [1.165, 1.54) is 11.1 Å². The quantitative estimate of drug-likeness (QED) is 0.814. The van der Waals surface area contributed by atoms with Gasteiger partial charge < -0.3 is 14.5 Å². The fourth-order valence-corrected chi connectivity index (χ4v) is 3.00. The molecule has 4 heteroatoms. The van der Waals surface area contributed by atoms with Crippen molar-refractivity contribution < 1.29 is 9.15 Å². The van der Waals surface area contributed by atoms with E-state index >= 15 is 0 Å². The first-order valence-electron chi connectivity index (χ1n) is 7.19. The smallest absolute Gasteiger partial charge is 0.174 e. The van der Waals surface area contributed by atoms with Gasteiger partial charge >= 0.3 is 0 Å². The Balaban J connectivity index is 2.46. The largest absolute Gasteiger partial charge is 0.496 e. The molecule has 1 aromatic carbocycles. The van der Waals surface area contributed by atoms with E-state index in [0.717, 1.165) is 34.5 Å². The molecular weight excluding hydrogens is 330 g/mol. The summed E-state index contributed by atoms with van der Waals surface area (Å²) in [5.74, 6) is 0.928. The molecule has 0 spiro atoms. The van der Waals surface area contributed by atoms with Crippen LogP contribution in [0, 0.1) is 13.8 Å². The Kier molecular flexibility index (Phi) is 5.48. The van der Waals surface area contributed by atoms with E-state index in [9.17, 15) is 0 Å². The molecule has 114 valence electrons. The molecule has 3 nitrogen and oxygen atoms in total. The van der Waals surface area contributed by atoms with Gasteiger partial charge in [0, 0.05) is 5.56 Å². The number of hydrogen-bond acceptors (Lipinski definition) is 3. The molecule has 1 unspecified atom stereocenters. The molecule has 0 saturated carbocycles. The van der Waals surface area contributed by atoms with Crippen LogP contribution in [0.4, 0.5) is 0 Å². The van der Waals surface area contributed by atoms with Gasteiger partial charge in [-0.1, -0.05) is 13.0 Å². The molecule has 2 aromatic rings. The summed E-state index contributed by atoms with van der Waals surface area (Å²) in [5.41, 5.74) is 4.72. The second kappa shape index (κ2) is 7.14. The van der Waals surface area contributed by atoms with Gasteiger partial charge in [0.1, 0.15) is 5.75 Å². The van der Waals surface area contributed by atoms with E-state index in [4.69, 9.17) is 9.15 Å². The molecule has 0 amide bonds. The lowest BCUT2D eigenvalue weighted by atomic mass is 9.94. The summed E-state index contributed by atoms with van der Waals surface area (Å²) < 4.78 is 11.6. The molecule has 2 rings (SSSR count). The van der Waals surface area contributed by atoms with E-state index in [1.807, 2.05) is 6.07 Å². The molecule has 1 heterocycles. The topological polar surface area (TPSA) is 34.4 Å². The summed E-state index contributed by atoms with van der Waals surface area (Å²) in [6.45, 7) is 7.31. The monoisotopic (exact) mass is 351 g/mol. The average Bonchev–Trinajstić information content (AvgIpc) is 2.88. The number of methoxy groups -OCH3 is 1. The van der Waals surface area contributed by atoms with Crippen LogP contribution >= 0.6 is 15.9 Å². The molecule has 1 N–H and O–H groups in total. The van der Waals surface area contributed by atoms with Gasteiger partial charge in [0.2, 0.25) is 0 Å². The lowest BCUT2D eigenvalue weighted by Crippen LogP contribution is -2.24.